The second kappa shape index (κ2) is 9.18. The van der Waals surface area contributed by atoms with Gasteiger partial charge in [-0.05, 0) is 48.8 Å². The Morgan fingerprint density at radius 2 is 1.93 bits per heavy atom. The van der Waals surface area contributed by atoms with Crippen LogP contribution in [0.2, 0.25) is 0 Å². The Bertz CT molecular complexity index is 855. The van der Waals surface area contributed by atoms with Gasteiger partial charge in [-0.3, -0.25) is 25.2 Å². The molecule has 1 aromatic heterocycles. The number of thioether (sulfide) groups is 1. The smallest absolute Gasteiger partial charge is 0.287 e. The molecule has 0 fully saturated rings. The minimum Gasteiger partial charge on any atom is -0.459 e. The number of hydrogen-bond donors (Lipinski definition) is 3. The molecule has 3 amide bonds. The molecule has 0 radical (unpaired) electrons. The van der Waals surface area contributed by atoms with E-state index >= 15 is 0 Å². The molecule has 0 unspecified atom stereocenters. The molecule has 3 N–H and O–H groups in total. The maximum Gasteiger partial charge on any atom is 0.287 e. The van der Waals surface area contributed by atoms with Gasteiger partial charge in [-0.15, -0.1) is 0 Å². The number of rotatable bonds is 7. The van der Waals surface area contributed by atoms with Gasteiger partial charge in [-0.25, -0.2) is 0 Å². The van der Waals surface area contributed by atoms with E-state index in [-0.39, 0.29) is 12.6 Å². The van der Waals surface area contributed by atoms with Crippen molar-refractivity contribution in [2.24, 2.45) is 0 Å². The third-order valence-electron chi connectivity index (χ3n) is 3.91. The average molecular weight is 405 g/mol. The number of ether oxygens (including phenoxy) is 2. The Labute approximate surface area is 165 Å². The standard InChI is InChI=1S/C18H19N3O6S/c1-28-8-6-12(19-18(24)14-3-2-7-25-14)17(23)21-20-16(22)11-4-5-13-15(9-11)27-10-26-13/h2-5,7,9,12H,6,8,10H2,1H3,(H,19,24)(H,20,22)(H,21,23)/t12-/m0/s1. The van der Waals surface area contributed by atoms with Crippen molar-refractivity contribution < 1.29 is 28.3 Å². The fourth-order valence-electron chi connectivity index (χ4n) is 2.46. The fourth-order valence-corrected chi connectivity index (χ4v) is 2.93. The Balaban J connectivity index is 1.58. The van der Waals surface area contributed by atoms with Gasteiger partial charge in [-0.2, -0.15) is 11.8 Å². The zero-order chi connectivity index (χ0) is 19.9. The largest absolute Gasteiger partial charge is 0.459 e. The quantitative estimate of drug-likeness (QED) is 0.595. The number of nitrogens with one attached hydrogen (secondary N) is 3. The highest BCUT2D eigenvalue weighted by molar-refractivity contribution is 7.98. The molecule has 3 rings (SSSR count). The van der Waals surface area contributed by atoms with Gasteiger partial charge in [-0.1, -0.05) is 0 Å². The van der Waals surface area contributed by atoms with Crippen LogP contribution < -0.4 is 25.6 Å². The summed E-state index contributed by atoms with van der Waals surface area (Å²) < 4.78 is 15.5. The minimum atomic E-state index is -0.831. The summed E-state index contributed by atoms with van der Waals surface area (Å²) >= 11 is 1.54. The van der Waals surface area contributed by atoms with Crippen molar-refractivity contribution >= 4 is 29.5 Å². The summed E-state index contributed by atoms with van der Waals surface area (Å²) in [7, 11) is 0. The number of furan rings is 1. The van der Waals surface area contributed by atoms with E-state index in [1.807, 2.05) is 6.26 Å². The monoisotopic (exact) mass is 405 g/mol. The molecule has 2 aromatic rings. The van der Waals surface area contributed by atoms with Crippen LogP contribution in [0.4, 0.5) is 0 Å². The molecular weight excluding hydrogens is 386 g/mol. The van der Waals surface area contributed by atoms with Crippen LogP contribution in [0.3, 0.4) is 0 Å². The second-order valence-corrected chi connectivity index (χ2v) is 6.78. The van der Waals surface area contributed by atoms with Gasteiger partial charge in [0.25, 0.3) is 17.7 Å². The van der Waals surface area contributed by atoms with E-state index in [0.717, 1.165) is 0 Å². The van der Waals surface area contributed by atoms with E-state index in [4.69, 9.17) is 13.9 Å². The molecule has 0 bridgehead atoms. The average Bonchev–Trinajstić information content (AvgIpc) is 3.39. The van der Waals surface area contributed by atoms with E-state index in [1.165, 1.54) is 30.2 Å². The molecule has 1 atom stereocenters. The van der Waals surface area contributed by atoms with Crippen molar-refractivity contribution in [2.45, 2.75) is 12.5 Å². The third kappa shape index (κ3) is 4.77. The van der Waals surface area contributed by atoms with Crippen molar-refractivity contribution in [1.82, 2.24) is 16.2 Å². The number of benzene rings is 1. The van der Waals surface area contributed by atoms with E-state index in [1.54, 1.807) is 18.2 Å². The summed E-state index contributed by atoms with van der Waals surface area (Å²) in [6.45, 7) is 0.101. The zero-order valence-corrected chi connectivity index (χ0v) is 15.8. The highest BCUT2D eigenvalue weighted by atomic mass is 32.2. The Morgan fingerprint density at radius 1 is 1.11 bits per heavy atom. The first-order chi connectivity index (χ1) is 13.6. The zero-order valence-electron chi connectivity index (χ0n) is 15.0. The molecule has 0 spiro atoms. The van der Waals surface area contributed by atoms with Crippen molar-refractivity contribution in [3.8, 4) is 11.5 Å². The number of hydrogen-bond acceptors (Lipinski definition) is 7. The van der Waals surface area contributed by atoms with Crippen molar-refractivity contribution in [1.29, 1.82) is 0 Å². The van der Waals surface area contributed by atoms with Crippen LogP contribution in [0.15, 0.2) is 41.0 Å². The molecule has 10 heteroatoms. The van der Waals surface area contributed by atoms with E-state index in [9.17, 15) is 14.4 Å². The fraction of sp³-hybridized carbons (Fsp3) is 0.278. The molecule has 1 aliphatic heterocycles. The molecule has 2 heterocycles. The number of carbonyl (C=O) groups excluding carboxylic acids is 3. The lowest BCUT2D eigenvalue weighted by molar-refractivity contribution is -0.123. The van der Waals surface area contributed by atoms with E-state index in [0.29, 0.717) is 29.2 Å². The number of amides is 3. The Morgan fingerprint density at radius 3 is 2.68 bits per heavy atom. The Kier molecular flexibility index (Phi) is 6.43. The molecule has 1 aliphatic rings. The van der Waals surface area contributed by atoms with Crippen LogP contribution in [0.25, 0.3) is 0 Å². The summed E-state index contributed by atoms with van der Waals surface area (Å²) in [5.41, 5.74) is 4.98. The first kappa shape index (κ1) is 19.6. The van der Waals surface area contributed by atoms with Crippen molar-refractivity contribution in [3.63, 3.8) is 0 Å². The molecule has 9 nitrogen and oxygen atoms in total. The Hall–Kier alpha value is -3.14. The predicted molar refractivity (Wildman–Crippen MR) is 101 cm³/mol. The van der Waals surface area contributed by atoms with Gasteiger partial charge in [0.2, 0.25) is 6.79 Å². The third-order valence-corrected chi connectivity index (χ3v) is 4.56. The molecule has 148 valence electrons. The second-order valence-electron chi connectivity index (χ2n) is 5.80. The van der Waals surface area contributed by atoms with Crippen molar-refractivity contribution in [2.75, 3.05) is 18.8 Å². The van der Waals surface area contributed by atoms with Crippen LogP contribution in [0.1, 0.15) is 27.3 Å². The molecular formula is C18H19N3O6S. The number of carbonyl (C=O) groups is 3. The predicted octanol–water partition coefficient (Wildman–Crippen LogP) is 1.32. The lowest BCUT2D eigenvalue weighted by atomic mass is 10.2. The molecule has 0 saturated heterocycles. The van der Waals surface area contributed by atoms with Crippen LogP contribution in [0, 0.1) is 0 Å². The highest BCUT2D eigenvalue weighted by Gasteiger charge is 2.23. The molecule has 1 aromatic carbocycles. The minimum absolute atomic E-state index is 0.101. The van der Waals surface area contributed by atoms with Gasteiger partial charge >= 0.3 is 0 Å². The topological polar surface area (TPSA) is 119 Å². The lowest BCUT2D eigenvalue weighted by Crippen LogP contribution is -2.52. The van der Waals surface area contributed by atoms with Crippen LogP contribution in [0.5, 0.6) is 11.5 Å². The molecule has 0 aliphatic carbocycles. The van der Waals surface area contributed by atoms with E-state index < -0.39 is 23.8 Å². The lowest BCUT2D eigenvalue weighted by Gasteiger charge is -2.18. The SMILES string of the molecule is CSCC[C@H](NC(=O)c1ccco1)C(=O)NNC(=O)c1ccc2c(c1)OCO2. The summed E-state index contributed by atoms with van der Waals surface area (Å²) in [6, 6.07) is 6.94. The summed E-state index contributed by atoms with van der Waals surface area (Å²) in [6.07, 6.45) is 3.65. The highest BCUT2D eigenvalue weighted by Crippen LogP contribution is 2.32. The van der Waals surface area contributed by atoms with E-state index in [2.05, 4.69) is 16.2 Å². The van der Waals surface area contributed by atoms with Crippen molar-refractivity contribution in [3.05, 3.63) is 47.9 Å². The summed E-state index contributed by atoms with van der Waals surface area (Å²) in [4.78, 5) is 36.9. The summed E-state index contributed by atoms with van der Waals surface area (Å²) in [5.74, 6) is 0.198. The van der Waals surface area contributed by atoms with Gasteiger partial charge in [0, 0.05) is 5.56 Å². The normalized spacial score (nSPS) is 12.9. The van der Waals surface area contributed by atoms with Crippen LogP contribution >= 0.6 is 11.8 Å². The molecule has 28 heavy (non-hydrogen) atoms. The van der Waals surface area contributed by atoms with Gasteiger partial charge < -0.3 is 19.2 Å². The first-order valence-electron chi connectivity index (χ1n) is 8.41. The molecule has 0 saturated carbocycles. The van der Waals surface area contributed by atoms with Crippen LogP contribution in [-0.2, 0) is 4.79 Å². The number of hydrazine groups is 1. The first-order valence-corrected chi connectivity index (χ1v) is 9.81. The van der Waals surface area contributed by atoms with Crippen LogP contribution in [-0.4, -0.2) is 42.6 Å². The maximum atomic E-state index is 12.5. The van der Waals surface area contributed by atoms with Gasteiger partial charge in [0.15, 0.2) is 17.3 Å². The number of fused-ring (bicyclic) bond motifs is 1. The maximum absolute atomic E-state index is 12.5. The summed E-state index contributed by atoms with van der Waals surface area (Å²) in [5, 5.41) is 2.61. The van der Waals surface area contributed by atoms with Gasteiger partial charge in [0.05, 0.1) is 6.26 Å². The van der Waals surface area contributed by atoms with Gasteiger partial charge in [0.1, 0.15) is 6.04 Å².